The third kappa shape index (κ3) is 5.36. The van der Waals surface area contributed by atoms with Crippen LogP contribution < -0.4 is 14.8 Å². The van der Waals surface area contributed by atoms with E-state index in [-0.39, 0.29) is 18.1 Å². The first-order valence-corrected chi connectivity index (χ1v) is 8.42. The van der Waals surface area contributed by atoms with Gasteiger partial charge < -0.3 is 14.8 Å². The van der Waals surface area contributed by atoms with Crippen molar-refractivity contribution in [2.24, 2.45) is 0 Å². The number of hydrogen-bond donors (Lipinski definition) is 1. The Balaban J connectivity index is 1.93. The van der Waals surface area contributed by atoms with Crippen molar-refractivity contribution in [3.05, 3.63) is 58.4 Å². The molecule has 0 heterocycles. The number of halogens is 2. The molecule has 0 bridgehead atoms. The summed E-state index contributed by atoms with van der Waals surface area (Å²) in [6.07, 6.45) is 0.564. The van der Waals surface area contributed by atoms with Crippen LogP contribution in [0.2, 0.25) is 5.02 Å². The molecule has 2 aromatic rings. The molecule has 0 aliphatic carbocycles. The number of aryl methyl sites for hydroxylation is 1. The van der Waals surface area contributed by atoms with E-state index in [1.54, 1.807) is 30.3 Å². The maximum absolute atomic E-state index is 13.5. The molecule has 0 aliphatic heterocycles. The molecule has 1 amide bonds. The Morgan fingerprint density at radius 1 is 1.28 bits per heavy atom. The van der Waals surface area contributed by atoms with Crippen LogP contribution in [0.3, 0.4) is 0 Å². The summed E-state index contributed by atoms with van der Waals surface area (Å²) in [5, 5.41) is 3.23. The molecule has 0 aliphatic rings. The van der Waals surface area contributed by atoms with Gasteiger partial charge in [-0.1, -0.05) is 29.8 Å². The van der Waals surface area contributed by atoms with E-state index in [4.69, 9.17) is 21.1 Å². The van der Waals surface area contributed by atoms with E-state index in [0.717, 1.165) is 5.56 Å². The third-order valence-corrected chi connectivity index (χ3v) is 3.93. The molecule has 0 radical (unpaired) electrons. The molecule has 1 N–H and O–H groups in total. The monoisotopic (exact) mass is 365 g/mol. The standard InChI is InChI=1S/C19H21ClFNO3/c1-3-25-19-15(20)10-13(11-17(19)24-2)12-22-18(23)9-8-14-6-4-5-7-16(14)21/h4-7,10-11H,3,8-9,12H2,1-2H3,(H,22,23). The SMILES string of the molecule is CCOc1c(Cl)cc(CNC(=O)CCc2ccccc2F)cc1OC. The molecule has 0 saturated carbocycles. The fraction of sp³-hybridized carbons (Fsp3) is 0.316. The number of hydrogen-bond acceptors (Lipinski definition) is 3. The van der Waals surface area contributed by atoms with Crippen LogP contribution in [-0.4, -0.2) is 19.6 Å². The largest absolute Gasteiger partial charge is 0.493 e. The van der Waals surface area contributed by atoms with Crippen LogP contribution in [0.1, 0.15) is 24.5 Å². The number of ether oxygens (including phenoxy) is 2. The highest BCUT2D eigenvalue weighted by molar-refractivity contribution is 6.32. The number of amides is 1. The fourth-order valence-corrected chi connectivity index (χ4v) is 2.69. The Hall–Kier alpha value is -2.27. The number of benzene rings is 2. The molecular weight excluding hydrogens is 345 g/mol. The van der Waals surface area contributed by atoms with Gasteiger partial charge >= 0.3 is 0 Å². The van der Waals surface area contributed by atoms with Gasteiger partial charge in [0.15, 0.2) is 11.5 Å². The first-order valence-electron chi connectivity index (χ1n) is 8.04. The highest BCUT2D eigenvalue weighted by Gasteiger charge is 2.12. The average Bonchev–Trinajstić information content (AvgIpc) is 2.61. The van der Waals surface area contributed by atoms with Gasteiger partial charge in [0.25, 0.3) is 0 Å². The van der Waals surface area contributed by atoms with Crippen LogP contribution in [0.15, 0.2) is 36.4 Å². The zero-order valence-electron chi connectivity index (χ0n) is 14.3. The second-order valence-electron chi connectivity index (χ2n) is 5.41. The van der Waals surface area contributed by atoms with E-state index in [0.29, 0.717) is 41.7 Å². The van der Waals surface area contributed by atoms with Crippen LogP contribution in [0.5, 0.6) is 11.5 Å². The fourth-order valence-electron chi connectivity index (χ4n) is 2.40. The number of methoxy groups -OCH3 is 1. The summed E-state index contributed by atoms with van der Waals surface area (Å²) in [7, 11) is 1.53. The molecule has 2 aromatic carbocycles. The van der Waals surface area contributed by atoms with Crippen molar-refractivity contribution in [3.8, 4) is 11.5 Å². The van der Waals surface area contributed by atoms with Gasteiger partial charge in [-0.25, -0.2) is 4.39 Å². The average molecular weight is 366 g/mol. The summed E-state index contributed by atoms with van der Waals surface area (Å²) >= 11 is 6.21. The molecule has 134 valence electrons. The topological polar surface area (TPSA) is 47.6 Å². The molecule has 25 heavy (non-hydrogen) atoms. The van der Waals surface area contributed by atoms with Gasteiger partial charge in [-0.3, -0.25) is 4.79 Å². The summed E-state index contributed by atoms with van der Waals surface area (Å²) < 4.78 is 24.3. The van der Waals surface area contributed by atoms with E-state index < -0.39 is 0 Å². The molecule has 0 aromatic heterocycles. The number of nitrogens with one attached hydrogen (secondary N) is 1. The Labute approximate surface area is 151 Å². The van der Waals surface area contributed by atoms with E-state index >= 15 is 0 Å². The lowest BCUT2D eigenvalue weighted by molar-refractivity contribution is -0.121. The summed E-state index contributed by atoms with van der Waals surface area (Å²) in [5.41, 5.74) is 1.33. The van der Waals surface area contributed by atoms with Crippen molar-refractivity contribution in [3.63, 3.8) is 0 Å². The van der Waals surface area contributed by atoms with Crippen molar-refractivity contribution in [2.45, 2.75) is 26.3 Å². The maximum Gasteiger partial charge on any atom is 0.220 e. The van der Waals surface area contributed by atoms with Crippen LogP contribution in [-0.2, 0) is 17.8 Å². The summed E-state index contributed by atoms with van der Waals surface area (Å²) in [5.74, 6) is 0.553. The van der Waals surface area contributed by atoms with Crippen molar-refractivity contribution in [1.29, 1.82) is 0 Å². The molecule has 0 unspecified atom stereocenters. The second kappa shape index (κ2) is 9.28. The Bertz CT molecular complexity index is 737. The highest BCUT2D eigenvalue weighted by Crippen LogP contribution is 2.36. The van der Waals surface area contributed by atoms with Crippen molar-refractivity contribution in [2.75, 3.05) is 13.7 Å². The molecule has 0 saturated heterocycles. The van der Waals surface area contributed by atoms with Crippen LogP contribution >= 0.6 is 11.6 Å². The summed E-state index contributed by atoms with van der Waals surface area (Å²) in [4.78, 5) is 12.0. The van der Waals surface area contributed by atoms with Crippen LogP contribution in [0, 0.1) is 5.82 Å². The Kier molecular flexibility index (Phi) is 7.07. The first kappa shape index (κ1) is 19.1. The van der Waals surface area contributed by atoms with E-state index in [1.807, 2.05) is 6.92 Å². The van der Waals surface area contributed by atoms with Gasteiger partial charge in [0.05, 0.1) is 18.7 Å². The Morgan fingerprint density at radius 2 is 2.04 bits per heavy atom. The van der Waals surface area contributed by atoms with Gasteiger partial charge in [-0.15, -0.1) is 0 Å². The second-order valence-corrected chi connectivity index (χ2v) is 5.82. The van der Waals surface area contributed by atoms with E-state index in [9.17, 15) is 9.18 Å². The summed E-state index contributed by atoms with van der Waals surface area (Å²) in [6.45, 7) is 2.64. The molecule has 0 fully saturated rings. The predicted octanol–water partition coefficient (Wildman–Crippen LogP) is 4.14. The first-order chi connectivity index (χ1) is 12.0. The number of carbonyl (C=O) groups is 1. The predicted molar refractivity (Wildman–Crippen MR) is 95.7 cm³/mol. The number of carbonyl (C=O) groups excluding carboxylic acids is 1. The third-order valence-electron chi connectivity index (χ3n) is 3.65. The zero-order chi connectivity index (χ0) is 18.2. The van der Waals surface area contributed by atoms with E-state index in [2.05, 4.69) is 5.32 Å². The van der Waals surface area contributed by atoms with Crippen molar-refractivity contribution < 1.29 is 18.7 Å². The van der Waals surface area contributed by atoms with Crippen molar-refractivity contribution in [1.82, 2.24) is 5.32 Å². The molecule has 0 atom stereocenters. The lowest BCUT2D eigenvalue weighted by atomic mass is 10.1. The minimum absolute atomic E-state index is 0.160. The maximum atomic E-state index is 13.5. The lowest BCUT2D eigenvalue weighted by Gasteiger charge is -2.13. The lowest BCUT2D eigenvalue weighted by Crippen LogP contribution is -2.23. The molecule has 2 rings (SSSR count). The van der Waals surface area contributed by atoms with Crippen LogP contribution in [0.4, 0.5) is 4.39 Å². The van der Waals surface area contributed by atoms with Gasteiger partial charge in [0.1, 0.15) is 5.82 Å². The van der Waals surface area contributed by atoms with Gasteiger partial charge in [0, 0.05) is 13.0 Å². The van der Waals surface area contributed by atoms with Crippen molar-refractivity contribution >= 4 is 17.5 Å². The minimum atomic E-state index is -0.293. The van der Waals surface area contributed by atoms with Gasteiger partial charge in [-0.05, 0) is 42.7 Å². The number of rotatable bonds is 8. The molecule has 6 heteroatoms. The zero-order valence-corrected chi connectivity index (χ0v) is 15.0. The molecular formula is C19H21ClFNO3. The van der Waals surface area contributed by atoms with Crippen LogP contribution in [0.25, 0.3) is 0 Å². The van der Waals surface area contributed by atoms with Gasteiger partial charge in [0.2, 0.25) is 5.91 Å². The smallest absolute Gasteiger partial charge is 0.220 e. The summed E-state index contributed by atoms with van der Waals surface area (Å²) in [6, 6.07) is 9.95. The molecule has 4 nitrogen and oxygen atoms in total. The van der Waals surface area contributed by atoms with Gasteiger partial charge in [-0.2, -0.15) is 0 Å². The molecule has 0 spiro atoms. The quantitative estimate of drug-likeness (QED) is 0.765. The highest BCUT2D eigenvalue weighted by atomic mass is 35.5. The Morgan fingerprint density at radius 3 is 2.72 bits per heavy atom. The van der Waals surface area contributed by atoms with E-state index in [1.165, 1.54) is 13.2 Å². The normalized spacial score (nSPS) is 10.4. The minimum Gasteiger partial charge on any atom is -0.493 e.